The SMILES string of the molecule is CC1(C)CCCN1C(=O)NCC1(C(=O)O)CCC1. The number of nitrogens with one attached hydrogen (secondary N) is 1. The number of carboxylic acids is 1. The van der Waals surface area contributed by atoms with Gasteiger partial charge in [-0.05, 0) is 39.5 Å². The lowest BCUT2D eigenvalue weighted by atomic mass is 9.69. The highest BCUT2D eigenvalue weighted by molar-refractivity contribution is 5.79. The van der Waals surface area contributed by atoms with Crippen LogP contribution in [0.5, 0.6) is 0 Å². The highest BCUT2D eigenvalue weighted by atomic mass is 16.4. The van der Waals surface area contributed by atoms with Crippen LogP contribution in [0.4, 0.5) is 4.79 Å². The van der Waals surface area contributed by atoms with E-state index < -0.39 is 11.4 Å². The van der Waals surface area contributed by atoms with Crippen LogP contribution < -0.4 is 5.32 Å². The number of aliphatic carboxylic acids is 1. The molecule has 2 N–H and O–H groups in total. The lowest BCUT2D eigenvalue weighted by molar-refractivity contribution is -0.153. The monoisotopic (exact) mass is 254 g/mol. The summed E-state index contributed by atoms with van der Waals surface area (Å²) < 4.78 is 0. The smallest absolute Gasteiger partial charge is 0.317 e. The molecule has 2 fully saturated rings. The third-order valence-electron chi connectivity index (χ3n) is 4.49. The summed E-state index contributed by atoms with van der Waals surface area (Å²) in [5, 5.41) is 12.0. The number of hydrogen-bond acceptors (Lipinski definition) is 2. The molecule has 1 saturated heterocycles. The molecular weight excluding hydrogens is 232 g/mol. The Morgan fingerprint density at radius 3 is 2.28 bits per heavy atom. The molecule has 2 rings (SSSR count). The van der Waals surface area contributed by atoms with Gasteiger partial charge in [0.15, 0.2) is 0 Å². The van der Waals surface area contributed by atoms with Crippen LogP contribution >= 0.6 is 0 Å². The number of urea groups is 1. The molecule has 2 aliphatic rings. The summed E-state index contributed by atoms with van der Waals surface area (Å²) >= 11 is 0. The Hall–Kier alpha value is -1.26. The summed E-state index contributed by atoms with van der Waals surface area (Å²) in [4.78, 5) is 25.1. The van der Waals surface area contributed by atoms with Crippen molar-refractivity contribution in [1.29, 1.82) is 0 Å². The molecule has 0 aromatic carbocycles. The fourth-order valence-corrected chi connectivity index (χ4v) is 2.89. The molecule has 2 amide bonds. The van der Waals surface area contributed by atoms with Crippen LogP contribution in [0.3, 0.4) is 0 Å². The van der Waals surface area contributed by atoms with Gasteiger partial charge in [-0.3, -0.25) is 4.79 Å². The van der Waals surface area contributed by atoms with Crippen LogP contribution in [0.1, 0.15) is 46.0 Å². The van der Waals surface area contributed by atoms with E-state index in [2.05, 4.69) is 19.2 Å². The maximum atomic E-state index is 12.1. The molecule has 18 heavy (non-hydrogen) atoms. The average Bonchev–Trinajstić information content (AvgIpc) is 2.55. The molecule has 5 nitrogen and oxygen atoms in total. The summed E-state index contributed by atoms with van der Waals surface area (Å²) in [5.41, 5.74) is -0.820. The van der Waals surface area contributed by atoms with Crippen LogP contribution in [-0.2, 0) is 4.79 Å². The van der Waals surface area contributed by atoms with Crippen molar-refractivity contribution < 1.29 is 14.7 Å². The molecule has 0 aromatic heterocycles. The molecule has 0 aromatic rings. The normalized spacial score (nSPS) is 24.4. The maximum Gasteiger partial charge on any atom is 0.317 e. The molecule has 0 radical (unpaired) electrons. The Balaban J connectivity index is 1.90. The fourth-order valence-electron chi connectivity index (χ4n) is 2.89. The van der Waals surface area contributed by atoms with E-state index in [0.29, 0.717) is 12.8 Å². The summed E-state index contributed by atoms with van der Waals surface area (Å²) in [7, 11) is 0. The summed E-state index contributed by atoms with van der Waals surface area (Å²) in [6, 6.07) is -0.120. The number of carboxylic acid groups (broad SMARTS) is 1. The van der Waals surface area contributed by atoms with Crippen molar-refractivity contribution in [3.8, 4) is 0 Å². The molecule has 1 heterocycles. The largest absolute Gasteiger partial charge is 0.481 e. The van der Waals surface area contributed by atoms with Crippen LogP contribution in [0.15, 0.2) is 0 Å². The zero-order valence-corrected chi connectivity index (χ0v) is 11.2. The van der Waals surface area contributed by atoms with Gasteiger partial charge in [-0.2, -0.15) is 0 Å². The van der Waals surface area contributed by atoms with Gasteiger partial charge < -0.3 is 15.3 Å². The van der Waals surface area contributed by atoms with Gasteiger partial charge in [-0.1, -0.05) is 6.42 Å². The second-order valence-corrected chi connectivity index (χ2v) is 6.17. The van der Waals surface area contributed by atoms with Gasteiger partial charge in [-0.15, -0.1) is 0 Å². The van der Waals surface area contributed by atoms with Gasteiger partial charge in [0.2, 0.25) is 0 Å². The molecule has 5 heteroatoms. The zero-order valence-electron chi connectivity index (χ0n) is 11.2. The van der Waals surface area contributed by atoms with E-state index >= 15 is 0 Å². The van der Waals surface area contributed by atoms with E-state index in [1.165, 1.54) is 0 Å². The van der Waals surface area contributed by atoms with Crippen molar-refractivity contribution in [3.63, 3.8) is 0 Å². The number of nitrogens with zero attached hydrogens (tertiary/aromatic N) is 1. The van der Waals surface area contributed by atoms with E-state index in [1.807, 2.05) is 4.90 Å². The molecule has 1 aliphatic heterocycles. The predicted octanol–water partition coefficient (Wildman–Crippen LogP) is 1.83. The molecule has 0 unspecified atom stereocenters. The van der Waals surface area contributed by atoms with Crippen LogP contribution in [0.2, 0.25) is 0 Å². The highest BCUT2D eigenvalue weighted by Crippen LogP contribution is 2.40. The Morgan fingerprint density at radius 2 is 1.89 bits per heavy atom. The second kappa shape index (κ2) is 4.44. The lowest BCUT2D eigenvalue weighted by Crippen LogP contribution is -2.53. The summed E-state index contributed by atoms with van der Waals surface area (Å²) in [6.45, 7) is 5.12. The summed E-state index contributed by atoms with van der Waals surface area (Å²) in [5.74, 6) is -0.783. The topological polar surface area (TPSA) is 69.6 Å². The van der Waals surface area contributed by atoms with Gasteiger partial charge in [0.25, 0.3) is 0 Å². The third kappa shape index (κ3) is 2.18. The molecule has 0 atom stereocenters. The predicted molar refractivity (Wildman–Crippen MR) is 67.3 cm³/mol. The van der Waals surface area contributed by atoms with Crippen molar-refractivity contribution in [2.45, 2.75) is 51.5 Å². The quantitative estimate of drug-likeness (QED) is 0.807. The van der Waals surface area contributed by atoms with E-state index in [0.717, 1.165) is 25.8 Å². The van der Waals surface area contributed by atoms with Crippen molar-refractivity contribution >= 4 is 12.0 Å². The Kier molecular flexibility index (Phi) is 3.25. The number of carbonyl (C=O) groups is 2. The molecule has 0 bridgehead atoms. The van der Waals surface area contributed by atoms with E-state index in [-0.39, 0.29) is 18.1 Å². The van der Waals surface area contributed by atoms with Crippen LogP contribution in [0.25, 0.3) is 0 Å². The molecule has 102 valence electrons. The van der Waals surface area contributed by atoms with Crippen molar-refractivity contribution in [2.75, 3.05) is 13.1 Å². The number of rotatable bonds is 3. The van der Waals surface area contributed by atoms with E-state index in [4.69, 9.17) is 0 Å². The second-order valence-electron chi connectivity index (χ2n) is 6.17. The Morgan fingerprint density at radius 1 is 1.22 bits per heavy atom. The van der Waals surface area contributed by atoms with Gasteiger partial charge in [0.05, 0.1) is 5.41 Å². The minimum absolute atomic E-state index is 0.111. The van der Waals surface area contributed by atoms with Crippen molar-refractivity contribution in [3.05, 3.63) is 0 Å². The van der Waals surface area contributed by atoms with Gasteiger partial charge in [0.1, 0.15) is 0 Å². The van der Waals surface area contributed by atoms with Gasteiger partial charge in [0, 0.05) is 18.6 Å². The first kappa shape index (κ1) is 13.2. The number of amides is 2. The first-order valence-corrected chi connectivity index (χ1v) is 6.66. The van der Waals surface area contributed by atoms with E-state index in [1.54, 1.807) is 0 Å². The van der Waals surface area contributed by atoms with Crippen LogP contribution in [-0.4, -0.2) is 40.6 Å². The minimum Gasteiger partial charge on any atom is -0.481 e. The third-order valence-corrected chi connectivity index (χ3v) is 4.49. The lowest BCUT2D eigenvalue weighted by Gasteiger charge is -2.39. The highest BCUT2D eigenvalue weighted by Gasteiger charge is 2.45. The zero-order chi connectivity index (χ0) is 13.4. The number of carbonyl (C=O) groups excluding carboxylic acids is 1. The van der Waals surface area contributed by atoms with Gasteiger partial charge >= 0.3 is 12.0 Å². The Bertz CT molecular complexity index is 361. The van der Waals surface area contributed by atoms with Crippen molar-refractivity contribution in [2.24, 2.45) is 5.41 Å². The summed E-state index contributed by atoms with van der Waals surface area (Å²) in [6.07, 6.45) is 4.31. The first-order valence-electron chi connectivity index (χ1n) is 6.66. The molecule has 1 saturated carbocycles. The van der Waals surface area contributed by atoms with E-state index in [9.17, 15) is 14.7 Å². The van der Waals surface area contributed by atoms with Crippen LogP contribution in [0, 0.1) is 5.41 Å². The molecule has 0 spiro atoms. The molecule has 1 aliphatic carbocycles. The average molecular weight is 254 g/mol. The standard InChI is InChI=1S/C13H22N2O3/c1-12(2)5-4-8-15(12)11(18)14-9-13(10(16)17)6-3-7-13/h3-9H2,1-2H3,(H,14,18)(H,16,17). The van der Waals surface area contributed by atoms with Crippen molar-refractivity contribution in [1.82, 2.24) is 10.2 Å². The first-order chi connectivity index (χ1) is 8.37. The number of likely N-dealkylation sites (tertiary alicyclic amines) is 1. The molecular formula is C13H22N2O3. The maximum absolute atomic E-state index is 12.1. The minimum atomic E-state index is -0.783. The number of hydrogen-bond donors (Lipinski definition) is 2. The fraction of sp³-hybridized carbons (Fsp3) is 0.846. The van der Waals surface area contributed by atoms with Gasteiger partial charge in [-0.25, -0.2) is 4.79 Å². The Labute approximate surface area is 108 Å².